The van der Waals surface area contributed by atoms with Crippen molar-refractivity contribution < 1.29 is 41.0 Å². The Kier molecular flexibility index (Phi) is 5.87. The topological polar surface area (TPSA) is 60.4 Å². The third kappa shape index (κ3) is 3.56. The zero-order chi connectivity index (χ0) is 23.0. The summed E-state index contributed by atoms with van der Waals surface area (Å²) in [6.07, 6.45) is 1.30. The highest BCUT2D eigenvalue weighted by Crippen LogP contribution is 2.39. The van der Waals surface area contributed by atoms with Crippen LogP contribution in [0.1, 0.15) is 12.5 Å². The number of hydrazone groups is 1. The first-order valence-electron chi connectivity index (χ1n) is 8.59. The van der Waals surface area contributed by atoms with E-state index in [0.717, 1.165) is 0 Å². The van der Waals surface area contributed by atoms with Gasteiger partial charge in [-0.2, -0.15) is 10.1 Å². The van der Waals surface area contributed by atoms with Gasteiger partial charge in [-0.1, -0.05) is 0 Å². The molecule has 0 spiro atoms. The minimum atomic E-state index is -2.33. The van der Waals surface area contributed by atoms with E-state index < -0.39 is 40.7 Å². The van der Waals surface area contributed by atoms with Crippen molar-refractivity contribution >= 4 is 23.4 Å². The Labute approximate surface area is 173 Å². The van der Waals surface area contributed by atoms with E-state index in [-0.39, 0.29) is 27.8 Å². The molecule has 1 amide bonds. The smallest absolute Gasteiger partial charge is 0.280 e. The summed E-state index contributed by atoms with van der Waals surface area (Å²) >= 11 is 0. The molecule has 0 unspecified atom stereocenters. The van der Waals surface area contributed by atoms with E-state index in [1.54, 1.807) is 0 Å². The van der Waals surface area contributed by atoms with E-state index in [0.29, 0.717) is 11.3 Å². The Bertz CT molecular complexity index is 1090. The lowest BCUT2D eigenvalue weighted by Gasteiger charge is -2.15. The van der Waals surface area contributed by atoms with Crippen molar-refractivity contribution in [3.63, 3.8) is 0 Å². The standard InChI is InChI=1S/C20H15F5N2O4/c1-8-10(5-9-6-11(29-2)19(31-4)12(7-9)30-3)20(28)27(26-8)18-16(24)14(22)13(21)15(23)17(18)25/h5-7H,1-4H3/b10-5+. The normalized spacial score (nSPS) is 14.9. The molecule has 11 heteroatoms. The van der Waals surface area contributed by atoms with Crippen molar-refractivity contribution in [2.75, 3.05) is 26.3 Å². The van der Waals surface area contributed by atoms with Crippen LogP contribution < -0.4 is 19.2 Å². The van der Waals surface area contributed by atoms with Crippen LogP contribution in [0.15, 0.2) is 22.8 Å². The molecule has 164 valence electrons. The molecule has 3 rings (SSSR count). The quantitative estimate of drug-likeness (QED) is 0.301. The lowest BCUT2D eigenvalue weighted by molar-refractivity contribution is -0.114. The largest absolute Gasteiger partial charge is 0.493 e. The number of ether oxygens (including phenoxy) is 3. The fourth-order valence-electron chi connectivity index (χ4n) is 2.97. The molecule has 1 aliphatic heterocycles. The second-order valence-electron chi connectivity index (χ2n) is 6.24. The summed E-state index contributed by atoms with van der Waals surface area (Å²) in [5.41, 5.74) is -1.25. The molecule has 0 atom stereocenters. The molecule has 0 bridgehead atoms. The maximum atomic E-state index is 14.1. The van der Waals surface area contributed by atoms with Crippen LogP contribution >= 0.6 is 0 Å². The van der Waals surface area contributed by atoms with E-state index in [9.17, 15) is 26.7 Å². The van der Waals surface area contributed by atoms with Gasteiger partial charge in [0.25, 0.3) is 5.91 Å². The molecule has 0 fully saturated rings. The van der Waals surface area contributed by atoms with Crippen LogP contribution in [0.5, 0.6) is 17.2 Å². The molecular formula is C20H15F5N2O4. The van der Waals surface area contributed by atoms with Gasteiger partial charge >= 0.3 is 0 Å². The maximum absolute atomic E-state index is 14.1. The summed E-state index contributed by atoms with van der Waals surface area (Å²) in [4.78, 5) is 12.7. The number of rotatable bonds is 5. The zero-order valence-corrected chi connectivity index (χ0v) is 16.6. The number of benzene rings is 2. The van der Waals surface area contributed by atoms with Gasteiger partial charge in [0.1, 0.15) is 5.69 Å². The average Bonchev–Trinajstić information content (AvgIpc) is 3.03. The minimum Gasteiger partial charge on any atom is -0.493 e. The van der Waals surface area contributed by atoms with Crippen LogP contribution in [-0.2, 0) is 4.79 Å². The van der Waals surface area contributed by atoms with Gasteiger partial charge in [0.05, 0.1) is 32.6 Å². The lowest BCUT2D eigenvalue weighted by atomic mass is 10.1. The van der Waals surface area contributed by atoms with E-state index >= 15 is 0 Å². The van der Waals surface area contributed by atoms with E-state index in [2.05, 4.69) is 5.10 Å². The fourth-order valence-corrected chi connectivity index (χ4v) is 2.97. The van der Waals surface area contributed by atoms with Crippen LogP contribution in [0.2, 0.25) is 0 Å². The number of hydrogen-bond acceptors (Lipinski definition) is 5. The average molecular weight is 442 g/mol. The number of carbonyl (C=O) groups is 1. The van der Waals surface area contributed by atoms with Gasteiger partial charge in [-0.3, -0.25) is 4.79 Å². The van der Waals surface area contributed by atoms with Gasteiger partial charge in [0.2, 0.25) is 11.6 Å². The Hall–Kier alpha value is -3.63. The first-order valence-corrected chi connectivity index (χ1v) is 8.59. The Morgan fingerprint density at radius 2 is 1.32 bits per heavy atom. The molecular weight excluding hydrogens is 427 g/mol. The van der Waals surface area contributed by atoms with Crippen LogP contribution in [0, 0.1) is 29.1 Å². The van der Waals surface area contributed by atoms with Gasteiger partial charge in [-0.15, -0.1) is 0 Å². The molecule has 2 aromatic rings. The Morgan fingerprint density at radius 3 is 1.77 bits per heavy atom. The number of carbonyl (C=O) groups excluding carboxylic acids is 1. The van der Waals surface area contributed by atoms with Crippen molar-refractivity contribution in [3.05, 3.63) is 52.4 Å². The number of hydrogen-bond donors (Lipinski definition) is 0. The summed E-state index contributed by atoms with van der Waals surface area (Å²) in [5, 5.41) is 3.81. The van der Waals surface area contributed by atoms with Gasteiger partial charge in [-0.25, -0.2) is 22.0 Å². The molecule has 2 aromatic carbocycles. The molecule has 6 nitrogen and oxygen atoms in total. The number of nitrogens with zero attached hydrogens (tertiary/aromatic N) is 2. The highest BCUT2D eigenvalue weighted by Gasteiger charge is 2.37. The lowest BCUT2D eigenvalue weighted by Crippen LogP contribution is -2.25. The molecule has 31 heavy (non-hydrogen) atoms. The van der Waals surface area contributed by atoms with Crippen LogP contribution in [0.4, 0.5) is 27.6 Å². The summed E-state index contributed by atoms with van der Waals surface area (Å²) in [6, 6.07) is 2.99. The molecule has 0 N–H and O–H groups in total. The summed E-state index contributed by atoms with van der Waals surface area (Å²) in [5.74, 6) is -11.3. The van der Waals surface area contributed by atoms with Crippen LogP contribution in [-0.4, -0.2) is 32.9 Å². The van der Waals surface area contributed by atoms with E-state index in [1.165, 1.54) is 46.5 Å². The molecule has 0 radical (unpaired) electrons. The zero-order valence-electron chi connectivity index (χ0n) is 16.6. The molecule has 1 aliphatic rings. The summed E-state index contributed by atoms with van der Waals surface area (Å²) in [6.45, 7) is 1.34. The van der Waals surface area contributed by atoms with Crippen LogP contribution in [0.3, 0.4) is 0 Å². The summed E-state index contributed by atoms with van der Waals surface area (Å²) < 4.78 is 84.4. The SMILES string of the molecule is COc1cc(/C=C2/C(=O)N(c3c(F)c(F)c(F)c(F)c3F)N=C2C)cc(OC)c1OC. The van der Waals surface area contributed by atoms with Crippen molar-refractivity contribution in [2.45, 2.75) is 6.92 Å². The van der Waals surface area contributed by atoms with Crippen molar-refractivity contribution in [3.8, 4) is 17.2 Å². The molecule has 0 saturated heterocycles. The van der Waals surface area contributed by atoms with Crippen molar-refractivity contribution in [1.82, 2.24) is 0 Å². The highest BCUT2D eigenvalue weighted by atomic mass is 19.2. The Morgan fingerprint density at radius 1 is 0.839 bits per heavy atom. The first kappa shape index (κ1) is 22.1. The molecule has 0 aliphatic carbocycles. The van der Waals surface area contributed by atoms with Crippen LogP contribution in [0.25, 0.3) is 6.08 Å². The monoisotopic (exact) mass is 442 g/mol. The van der Waals surface area contributed by atoms with Crippen molar-refractivity contribution in [2.24, 2.45) is 5.10 Å². The fraction of sp³-hybridized carbons (Fsp3) is 0.200. The van der Waals surface area contributed by atoms with Gasteiger partial charge < -0.3 is 14.2 Å². The summed E-state index contributed by atoms with van der Waals surface area (Å²) in [7, 11) is 4.16. The molecule has 0 saturated carbocycles. The molecule has 0 aromatic heterocycles. The first-order chi connectivity index (χ1) is 14.7. The predicted octanol–water partition coefficient (Wildman–Crippen LogP) is 4.21. The number of methoxy groups -OCH3 is 3. The van der Waals surface area contributed by atoms with Crippen molar-refractivity contribution in [1.29, 1.82) is 0 Å². The van der Waals surface area contributed by atoms with E-state index in [4.69, 9.17) is 14.2 Å². The predicted molar refractivity (Wildman–Crippen MR) is 101 cm³/mol. The van der Waals surface area contributed by atoms with Gasteiger partial charge in [-0.05, 0) is 30.7 Å². The second-order valence-corrected chi connectivity index (χ2v) is 6.24. The van der Waals surface area contributed by atoms with Gasteiger partial charge in [0, 0.05) is 0 Å². The number of anilines is 1. The number of halogens is 5. The number of amides is 1. The molecule has 1 heterocycles. The Balaban J connectivity index is 2.10. The van der Waals surface area contributed by atoms with E-state index in [1.807, 2.05) is 0 Å². The van der Waals surface area contributed by atoms with Gasteiger partial charge in [0.15, 0.2) is 34.8 Å². The highest BCUT2D eigenvalue weighted by molar-refractivity contribution is 6.32. The second kappa shape index (κ2) is 8.25. The minimum absolute atomic E-state index is 0.0114. The third-order valence-electron chi connectivity index (χ3n) is 4.46. The third-order valence-corrected chi connectivity index (χ3v) is 4.46. The maximum Gasteiger partial charge on any atom is 0.280 e.